The van der Waals surface area contributed by atoms with Crippen LogP contribution in [0.25, 0.3) is 10.9 Å². The van der Waals surface area contributed by atoms with Gasteiger partial charge in [0.2, 0.25) is 0 Å². The molecular formula is C26H26N6O4S. The Balaban J connectivity index is 1.36. The molecule has 0 radical (unpaired) electrons. The van der Waals surface area contributed by atoms with Crippen molar-refractivity contribution in [3.8, 4) is 0 Å². The number of amides is 1. The van der Waals surface area contributed by atoms with Crippen molar-refractivity contribution in [2.75, 3.05) is 36.2 Å². The van der Waals surface area contributed by atoms with Crippen molar-refractivity contribution in [2.24, 2.45) is 0 Å². The highest BCUT2D eigenvalue weighted by atomic mass is 32.1. The highest BCUT2D eigenvalue weighted by molar-refractivity contribution is 7.12. The number of nitro groups is 1. The van der Waals surface area contributed by atoms with E-state index in [-0.39, 0.29) is 11.7 Å². The Morgan fingerprint density at radius 2 is 1.89 bits per heavy atom. The van der Waals surface area contributed by atoms with Gasteiger partial charge in [-0.1, -0.05) is 18.2 Å². The van der Waals surface area contributed by atoms with E-state index in [1.165, 1.54) is 24.6 Å². The van der Waals surface area contributed by atoms with Crippen LogP contribution in [0.1, 0.15) is 15.2 Å². The molecule has 0 aliphatic heterocycles. The topological polar surface area (TPSA) is 130 Å². The fourth-order valence-corrected chi connectivity index (χ4v) is 4.33. The smallest absolute Gasteiger partial charge is 0.332 e. The Hall–Kier alpha value is -4.48. The Morgan fingerprint density at radius 3 is 2.68 bits per heavy atom. The lowest BCUT2D eigenvalue weighted by molar-refractivity contribution is -0.431. The van der Waals surface area contributed by atoms with E-state index in [0.29, 0.717) is 35.9 Å². The van der Waals surface area contributed by atoms with Crippen LogP contribution in [0.15, 0.2) is 84.3 Å². The van der Waals surface area contributed by atoms with Crippen LogP contribution in [0.3, 0.4) is 0 Å². The number of benzene rings is 2. The monoisotopic (exact) mass is 518 g/mol. The summed E-state index contributed by atoms with van der Waals surface area (Å²) in [5.74, 6) is -0.400. The van der Waals surface area contributed by atoms with Crippen LogP contribution in [0.2, 0.25) is 0 Å². The predicted octanol–water partition coefficient (Wildman–Crippen LogP) is 4.88. The number of aromatic nitrogens is 1. The van der Waals surface area contributed by atoms with Gasteiger partial charge in [0.15, 0.2) is 0 Å². The van der Waals surface area contributed by atoms with Crippen LogP contribution in [0, 0.1) is 10.1 Å². The molecule has 37 heavy (non-hydrogen) atoms. The zero-order valence-electron chi connectivity index (χ0n) is 20.1. The van der Waals surface area contributed by atoms with Crippen LogP contribution in [-0.4, -0.2) is 36.1 Å². The van der Waals surface area contributed by atoms with Crippen molar-refractivity contribution in [3.63, 3.8) is 0 Å². The van der Waals surface area contributed by atoms with Gasteiger partial charge in [-0.15, -0.1) is 11.3 Å². The minimum atomic E-state index is -0.513. The number of fused-ring (bicyclic) bond motifs is 1. The lowest BCUT2D eigenvalue weighted by atomic mass is 10.1. The lowest BCUT2D eigenvalue weighted by Crippen LogP contribution is -2.24. The van der Waals surface area contributed by atoms with Gasteiger partial charge in [0.25, 0.3) is 5.91 Å². The molecule has 4 N–H and O–H groups in total. The molecule has 2 aromatic heterocycles. The minimum absolute atomic E-state index is 0.174. The first-order valence-corrected chi connectivity index (χ1v) is 12.3. The zero-order chi connectivity index (χ0) is 26.0. The van der Waals surface area contributed by atoms with E-state index in [1.807, 2.05) is 41.8 Å². The molecule has 4 rings (SSSR count). The number of hydrogen-bond acceptors (Lipinski definition) is 9. The van der Waals surface area contributed by atoms with Crippen molar-refractivity contribution in [2.45, 2.75) is 6.54 Å². The van der Waals surface area contributed by atoms with Gasteiger partial charge in [0, 0.05) is 36.6 Å². The third-order valence-electron chi connectivity index (χ3n) is 5.41. The third kappa shape index (κ3) is 6.81. The number of methoxy groups -OCH3 is 1. The number of ether oxygens (including phenoxy) is 1. The molecule has 0 saturated heterocycles. The zero-order valence-corrected chi connectivity index (χ0v) is 20.9. The summed E-state index contributed by atoms with van der Waals surface area (Å²) in [4.78, 5) is 28.6. The normalized spacial score (nSPS) is 11.2. The summed E-state index contributed by atoms with van der Waals surface area (Å²) in [6.45, 7) is 1.22. The number of thiophene rings is 1. The summed E-state index contributed by atoms with van der Waals surface area (Å²) in [6.07, 6.45) is 3.06. The van der Waals surface area contributed by atoms with Crippen LogP contribution < -0.4 is 21.3 Å². The van der Waals surface area contributed by atoms with Gasteiger partial charge in [0.05, 0.1) is 24.0 Å². The average molecular weight is 519 g/mol. The van der Waals surface area contributed by atoms with Crippen molar-refractivity contribution in [3.05, 3.63) is 105 Å². The Bertz CT molecular complexity index is 1400. The largest absolute Gasteiger partial charge is 0.381 e. The van der Waals surface area contributed by atoms with Crippen molar-refractivity contribution in [1.29, 1.82) is 0 Å². The highest BCUT2D eigenvalue weighted by Crippen LogP contribution is 2.26. The SMILES string of the molecule is COCCNC(=CNc1ccc(NC(=O)c2sccc2NCc2ccnc3ccccc23)cc1)[N+](=O)[O-]. The maximum Gasteiger partial charge on any atom is 0.332 e. The van der Waals surface area contributed by atoms with Crippen molar-refractivity contribution in [1.82, 2.24) is 10.3 Å². The second-order valence-electron chi connectivity index (χ2n) is 7.89. The number of nitrogens with zero attached hydrogens (tertiary/aromatic N) is 2. The predicted molar refractivity (Wildman–Crippen MR) is 146 cm³/mol. The summed E-state index contributed by atoms with van der Waals surface area (Å²) in [7, 11) is 1.52. The number of carbonyl (C=O) groups excluding carboxylic acids is 1. The quantitative estimate of drug-likeness (QED) is 0.119. The molecule has 2 aromatic carbocycles. The molecule has 0 bridgehead atoms. The molecule has 10 nitrogen and oxygen atoms in total. The third-order valence-corrected chi connectivity index (χ3v) is 6.32. The number of pyridine rings is 1. The maximum absolute atomic E-state index is 13.0. The Labute approximate surface area is 217 Å². The molecule has 0 unspecified atom stereocenters. The number of nitrogens with one attached hydrogen (secondary N) is 4. The summed E-state index contributed by atoms with van der Waals surface area (Å²) < 4.78 is 4.89. The van der Waals surface area contributed by atoms with Crippen LogP contribution >= 0.6 is 11.3 Å². The number of carbonyl (C=O) groups is 1. The van der Waals surface area contributed by atoms with E-state index in [4.69, 9.17) is 4.74 Å². The first-order valence-electron chi connectivity index (χ1n) is 11.4. The van der Waals surface area contributed by atoms with Gasteiger partial charge >= 0.3 is 5.82 Å². The van der Waals surface area contributed by atoms with Gasteiger partial charge in [-0.2, -0.15) is 0 Å². The number of hydrogen-bond donors (Lipinski definition) is 4. The molecule has 0 fully saturated rings. The molecule has 11 heteroatoms. The Kier molecular flexibility index (Phi) is 8.63. The molecule has 1 amide bonds. The molecule has 0 aliphatic rings. The van der Waals surface area contributed by atoms with Gasteiger partial charge in [-0.3, -0.25) is 15.1 Å². The van der Waals surface area contributed by atoms with Crippen LogP contribution in [0.5, 0.6) is 0 Å². The van der Waals surface area contributed by atoms with E-state index in [2.05, 4.69) is 26.3 Å². The first kappa shape index (κ1) is 25.6. The fraction of sp³-hybridized carbons (Fsp3) is 0.154. The summed E-state index contributed by atoms with van der Waals surface area (Å²) in [5, 5.41) is 25.9. The fourth-order valence-electron chi connectivity index (χ4n) is 3.56. The highest BCUT2D eigenvalue weighted by Gasteiger charge is 2.14. The average Bonchev–Trinajstić information content (AvgIpc) is 3.39. The van der Waals surface area contributed by atoms with Gasteiger partial charge in [0.1, 0.15) is 11.4 Å². The second-order valence-corrected chi connectivity index (χ2v) is 8.80. The molecule has 0 spiro atoms. The first-order chi connectivity index (χ1) is 18.0. The van der Waals surface area contributed by atoms with E-state index < -0.39 is 4.92 Å². The second kappa shape index (κ2) is 12.5. The molecule has 0 aliphatic carbocycles. The van der Waals surface area contributed by atoms with E-state index in [0.717, 1.165) is 22.2 Å². The van der Waals surface area contributed by atoms with Gasteiger partial charge in [-0.05, 0) is 58.3 Å². The van der Waals surface area contributed by atoms with Gasteiger partial charge < -0.3 is 30.8 Å². The Morgan fingerprint density at radius 1 is 1.11 bits per heavy atom. The lowest BCUT2D eigenvalue weighted by Gasteiger charge is -2.11. The molecule has 0 atom stereocenters. The number of anilines is 3. The summed E-state index contributed by atoms with van der Waals surface area (Å²) in [5.41, 5.74) is 4.01. The molecular weight excluding hydrogens is 492 g/mol. The van der Waals surface area contributed by atoms with E-state index in [9.17, 15) is 14.9 Å². The molecule has 0 saturated carbocycles. The van der Waals surface area contributed by atoms with Crippen molar-refractivity contribution < 1.29 is 14.5 Å². The van der Waals surface area contributed by atoms with E-state index >= 15 is 0 Å². The summed E-state index contributed by atoms with van der Waals surface area (Å²) >= 11 is 1.35. The number of rotatable bonds is 12. The number of para-hydroxylation sites is 1. The van der Waals surface area contributed by atoms with Crippen LogP contribution in [-0.2, 0) is 11.3 Å². The molecule has 4 aromatic rings. The summed E-state index contributed by atoms with van der Waals surface area (Å²) in [6, 6.07) is 18.7. The standard InChI is InChI=1S/C26H26N6O4S/c1-36-14-13-28-24(32(34)35)17-29-19-6-8-20(9-7-19)31-26(33)25-23(11-15-37-25)30-16-18-10-12-27-22-5-3-2-4-21(18)22/h2-12,15,17,28-30H,13-14,16H2,1H3,(H,31,33). The maximum atomic E-state index is 13.0. The minimum Gasteiger partial charge on any atom is -0.381 e. The van der Waals surface area contributed by atoms with E-state index in [1.54, 1.807) is 30.5 Å². The molecule has 2 heterocycles. The van der Waals surface area contributed by atoms with Crippen LogP contribution in [0.4, 0.5) is 17.1 Å². The van der Waals surface area contributed by atoms with Crippen molar-refractivity contribution >= 4 is 45.2 Å². The molecule has 190 valence electrons. The van der Waals surface area contributed by atoms with Gasteiger partial charge in [-0.25, -0.2) is 0 Å².